The molecule has 2 aromatic carbocycles. The SMILES string of the molecule is COc1cc2nc(C)nc(NC(C)c3cccc(C(F)(F)C(C)(C)O)c3F)c2cc1OCCOC1COC1. The van der Waals surface area contributed by atoms with Crippen molar-refractivity contribution in [1.29, 1.82) is 0 Å². The Balaban J connectivity index is 1.63. The first-order valence-corrected chi connectivity index (χ1v) is 12.3. The van der Waals surface area contributed by atoms with Crippen LogP contribution in [-0.4, -0.2) is 60.3 Å². The minimum absolute atomic E-state index is 0.00190. The molecule has 11 heteroatoms. The first kappa shape index (κ1) is 27.9. The van der Waals surface area contributed by atoms with Crippen LogP contribution in [0.3, 0.4) is 0 Å². The minimum atomic E-state index is -3.80. The Morgan fingerprint density at radius 2 is 1.89 bits per heavy atom. The second-order valence-electron chi connectivity index (χ2n) is 9.73. The van der Waals surface area contributed by atoms with Crippen LogP contribution in [0.4, 0.5) is 19.0 Å². The molecule has 1 aromatic heterocycles. The Kier molecular flexibility index (Phi) is 8.01. The number of aryl methyl sites for hydroxylation is 1. The summed E-state index contributed by atoms with van der Waals surface area (Å²) >= 11 is 0. The summed E-state index contributed by atoms with van der Waals surface area (Å²) in [6.45, 7) is 7.01. The summed E-state index contributed by atoms with van der Waals surface area (Å²) in [6, 6.07) is 6.40. The second-order valence-corrected chi connectivity index (χ2v) is 9.73. The Morgan fingerprint density at radius 3 is 2.53 bits per heavy atom. The van der Waals surface area contributed by atoms with E-state index in [9.17, 15) is 13.9 Å². The van der Waals surface area contributed by atoms with E-state index in [1.807, 2.05) is 0 Å². The van der Waals surface area contributed by atoms with Gasteiger partial charge in [0.2, 0.25) is 0 Å². The van der Waals surface area contributed by atoms with Crippen LogP contribution >= 0.6 is 0 Å². The molecule has 2 heterocycles. The monoisotopic (exact) mass is 535 g/mol. The number of nitrogens with one attached hydrogen (secondary N) is 1. The largest absolute Gasteiger partial charge is 0.493 e. The number of anilines is 1. The quantitative estimate of drug-likeness (QED) is 0.335. The number of alkyl halides is 2. The predicted molar refractivity (Wildman–Crippen MR) is 136 cm³/mol. The van der Waals surface area contributed by atoms with E-state index >= 15 is 4.39 Å². The maximum atomic E-state index is 15.3. The van der Waals surface area contributed by atoms with Crippen LogP contribution in [0, 0.1) is 12.7 Å². The van der Waals surface area contributed by atoms with Crippen molar-refractivity contribution in [3.05, 3.63) is 53.1 Å². The highest BCUT2D eigenvalue weighted by atomic mass is 19.3. The van der Waals surface area contributed by atoms with E-state index in [1.165, 1.54) is 19.2 Å². The lowest BCUT2D eigenvalue weighted by atomic mass is 9.91. The van der Waals surface area contributed by atoms with Gasteiger partial charge in [0.1, 0.15) is 35.8 Å². The fraction of sp³-hybridized carbons (Fsp3) is 0.481. The molecule has 0 radical (unpaired) electrons. The zero-order valence-electron chi connectivity index (χ0n) is 22.0. The van der Waals surface area contributed by atoms with Crippen molar-refractivity contribution in [2.75, 3.05) is 38.9 Å². The van der Waals surface area contributed by atoms with E-state index in [1.54, 1.807) is 26.0 Å². The average Bonchev–Trinajstić information content (AvgIpc) is 2.81. The molecule has 0 aliphatic carbocycles. The number of methoxy groups -OCH3 is 1. The third kappa shape index (κ3) is 5.64. The van der Waals surface area contributed by atoms with Gasteiger partial charge in [0.15, 0.2) is 11.5 Å². The number of aliphatic hydroxyl groups is 1. The number of hydrogen-bond acceptors (Lipinski definition) is 8. The topological polar surface area (TPSA) is 95.0 Å². The summed E-state index contributed by atoms with van der Waals surface area (Å²) in [5, 5.41) is 13.6. The summed E-state index contributed by atoms with van der Waals surface area (Å²) in [5.74, 6) is -3.18. The highest BCUT2D eigenvalue weighted by molar-refractivity contribution is 5.92. The second kappa shape index (κ2) is 10.9. The van der Waals surface area contributed by atoms with Crippen LogP contribution < -0.4 is 14.8 Å². The van der Waals surface area contributed by atoms with Gasteiger partial charge < -0.3 is 29.4 Å². The van der Waals surface area contributed by atoms with Gasteiger partial charge in [-0.1, -0.05) is 12.1 Å². The number of benzene rings is 2. The maximum absolute atomic E-state index is 15.3. The molecule has 1 atom stereocenters. The number of aromatic nitrogens is 2. The van der Waals surface area contributed by atoms with Gasteiger partial charge in [0.25, 0.3) is 0 Å². The third-order valence-corrected chi connectivity index (χ3v) is 6.35. The molecule has 1 aliphatic rings. The van der Waals surface area contributed by atoms with Gasteiger partial charge in [0, 0.05) is 17.0 Å². The molecule has 0 bridgehead atoms. The number of hydrogen-bond donors (Lipinski definition) is 2. The highest BCUT2D eigenvalue weighted by Gasteiger charge is 2.49. The van der Waals surface area contributed by atoms with Gasteiger partial charge in [-0.15, -0.1) is 0 Å². The van der Waals surface area contributed by atoms with Crippen LogP contribution in [0.2, 0.25) is 0 Å². The molecule has 1 aliphatic heterocycles. The molecular formula is C27H32F3N3O5. The van der Waals surface area contributed by atoms with Gasteiger partial charge in [-0.3, -0.25) is 0 Å². The minimum Gasteiger partial charge on any atom is -0.493 e. The fourth-order valence-corrected chi connectivity index (χ4v) is 4.05. The molecule has 38 heavy (non-hydrogen) atoms. The standard InChI is InChI=1S/C27H32F3N3O5/c1-15(18-7-6-8-20(24(18)28)27(29,30)26(3,4)34)31-25-19-11-23(38-10-9-37-17-13-36-14-17)22(35-5)12-21(19)32-16(2)33-25/h6-8,11-12,15,17,34H,9-10,13-14H2,1-5H3,(H,31,32,33). The van der Waals surface area contributed by atoms with Crippen molar-refractivity contribution in [2.24, 2.45) is 0 Å². The Morgan fingerprint density at radius 1 is 1.16 bits per heavy atom. The van der Waals surface area contributed by atoms with Gasteiger partial charge in [0.05, 0.1) is 44.1 Å². The molecule has 0 spiro atoms. The first-order chi connectivity index (χ1) is 17.9. The molecule has 3 aromatic rings. The molecule has 206 valence electrons. The van der Waals surface area contributed by atoms with E-state index in [4.69, 9.17) is 18.9 Å². The molecule has 1 saturated heterocycles. The highest BCUT2D eigenvalue weighted by Crippen LogP contribution is 2.41. The van der Waals surface area contributed by atoms with Gasteiger partial charge in [-0.25, -0.2) is 14.4 Å². The van der Waals surface area contributed by atoms with E-state index in [0.29, 0.717) is 53.9 Å². The van der Waals surface area contributed by atoms with Crippen LogP contribution in [0.15, 0.2) is 30.3 Å². The first-order valence-electron chi connectivity index (χ1n) is 12.3. The summed E-state index contributed by atoms with van der Waals surface area (Å²) in [5.41, 5.74) is -2.77. The van der Waals surface area contributed by atoms with Gasteiger partial charge >= 0.3 is 5.92 Å². The van der Waals surface area contributed by atoms with Crippen molar-refractivity contribution in [1.82, 2.24) is 9.97 Å². The third-order valence-electron chi connectivity index (χ3n) is 6.35. The maximum Gasteiger partial charge on any atom is 0.303 e. The number of fused-ring (bicyclic) bond motifs is 1. The number of ether oxygens (including phenoxy) is 4. The van der Waals surface area contributed by atoms with E-state index in [2.05, 4.69) is 15.3 Å². The number of halogens is 3. The average molecular weight is 536 g/mol. The van der Waals surface area contributed by atoms with E-state index in [0.717, 1.165) is 19.9 Å². The fourth-order valence-electron chi connectivity index (χ4n) is 4.05. The van der Waals surface area contributed by atoms with E-state index < -0.39 is 28.9 Å². The van der Waals surface area contributed by atoms with E-state index in [-0.39, 0.29) is 18.3 Å². The summed E-state index contributed by atoms with van der Waals surface area (Å²) in [4.78, 5) is 8.94. The Bertz CT molecular complexity index is 1300. The van der Waals surface area contributed by atoms with Crippen molar-refractivity contribution in [2.45, 2.75) is 51.4 Å². The lowest BCUT2D eigenvalue weighted by Crippen LogP contribution is -2.41. The van der Waals surface area contributed by atoms with Gasteiger partial charge in [-0.2, -0.15) is 8.78 Å². The van der Waals surface area contributed by atoms with Crippen LogP contribution in [0.1, 0.15) is 43.8 Å². The molecule has 2 N–H and O–H groups in total. The van der Waals surface area contributed by atoms with Crippen molar-refractivity contribution >= 4 is 16.7 Å². The van der Waals surface area contributed by atoms with Gasteiger partial charge in [-0.05, 0) is 39.8 Å². The summed E-state index contributed by atoms with van der Waals surface area (Å²) < 4.78 is 67.0. The molecule has 8 nitrogen and oxygen atoms in total. The van der Waals surface area contributed by atoms with Crippen molar-refractivity contribution in [3.8, 4) is 11.5 Å². The smallest absolute Gasteiger partial charge is 0.303 e. The molecule has 4 rings (SSSR count). The predicted octanol–water partition coefficient (Wildman–Crippen LogP) is 4.92. The lowest BCUT2D eigenvalue weighted by molar-refractivity contribution is -0.170. The Labute approximate surface area is 219 Å². The Hall–Kier alpha value is -3.15. The van der Waals surface area contributed by atoms with Crippen LogP contribution in [-0.2, 0) is 15.4 Å². The van der Waals surface area contributed by atoms with Crippen molar-refractivity contribution in [3.63, 3.8) is 0 Å². The molecule has 1 unspecified atom stereocenters. The molecule has 1 fully saturated rings. The zero-order chi connectivity index (χ0) is 27.7. The number of rotatable bonds is 11. The summed E-state index contributed by atoms with van der Waals surface area (Å²) in [6.07, 6.45) is 0.0769. The zero-order valence-corrected chi connectivity index (χ0v) is 22.0. The van der Waals surface area contributed by atoms with Crippen molar-refractivity contribution < 1.29 is 37.2 Å². The molecule has 0 saturated carbocycles. The molecule has 0 amide bonds. The molecular weight excluding hydrogens is 503 g/mol. The summed E-state index contributed by atoms with van der Waals surface area (Å²) in [7, 11) is 1.52. The normalized spacial score (nSPS) is 15.3. The van der Waals surface area contributed by atoms with Crippen LogP contribution in [0.25, 0.3) is 10.9 Å². The lowest BCUT2D eigenvalue weighted by Gasteiger charge is -2.30. The number of nitrogens with zero attached hydrogens (tertiary/aromatic N) is 2. The van der Waals surface area contributed by atoms with Crippen LogP contribution in [0.5, 0.6) is 11.5 Å².